The number of benzene rings is 2. The highest BCUT2D eigenvalue weighted by molar-refractivity contribution is 7.19. The number of rotatable bonds is 3. The minimum Gasteiger partial charge on any atom is -0.258 e. The second kappa shape index (κ2) is 5.78. The van der Waals surface area contributed by atoms with Crippen LogP contribution in [0.5, 0.6) is 0 Å². The second-order valence-corrected chi connectivity index (χ2v) is 8.01. The van der Waals surface area contributed by atoms with Gasteiger partial charge in [-0.05, 0) is 38.1 Å². The van der Waals surface area contributed by atoms with Crippen LogP contribution >= 0.6 is 22.7 Å². The van der Waals surface area contributed by atoms with Gasteiger partial charge in [0.25, 0.3) is 11.4 Å². The topological polar surface area (TPSA) is 112 Å². The van der Waals surface area contributed by atoms with Gasteiger partial charge in [-0.25, -0.2) is 9.97 Å². The Kier molecular flexibility index (Phi) is 3.67. The average molecular weight is 386 g/mol. The Morgan fingerprint density at radius 3 is 1.50 bits per heavy atom. The normalized spacial score (nSPS) is 11.3. The second-order valence-electron chi connectivity index (χ2n) is 5.60. The predicted octanol–water partition coefficient (Wildman–Crippen LogP) is 5.01. The van der Waals surface area contributed by atoms with Gasteiger partial charge in [0.2, 0.25) is 0 Å². The molecule has 2 aromatic heterocycles. The molecule has 130 valence electrons. The number of nitrogens with zero attached hydrogens (tertiary/aromatic N) is 4. The summed E-state index contributed by atoms with van der Waals surface area (Å²) in [6.07, 6.45) is 0. The highest BCUT2D eigenvalue weighted by atomic mass is 32.1. The molecule has 26 heavy (non-hydrogen) atoms. The minimum atomic E-state index is -0.499. The highest BCUT2D eigenvalue weighted by Gasteiger charge is 2.29. The van der Waals surface area contributed by atoms with Crippen molar-refractivity contribution in [2.24, 2.45) is 0 Å². The van der Waals surface area contributed by atoms with E-state index in [0.29, 0.717) is 30.4 Å². The van der Waals surface area contributed by atoms with Crippen molar-refractivity contribution in [2.75, 3.05) is 0 Å². The first-order chi connectivity index (χ1) is 12.4. The van der Waals surface area contributed by atoms with Crippen molar-refractivity contribution < 1.29 is 9.85 Å². The molecule has 0 saturated carbocycles. The molecular formula is C16H10N4O4S2. The van der Waals surface area contributed by atoms with Crippen molar-refractivity contribution in [1.29, 1.82) is 0 Å². The number of fused-ring (bicyclic) bond motifs is 2. The lowest BCUT2D eigenvalue weighted by atomic mass is 10.0. The fraction of sp³-hybridized carbons (Fsp3) is 0.125. The van der Waals surface area contributed by atoms with Gasteiger partial charge < -0.3 is 0 Å². The zero-order chi connectivity index (χ0) is 18.6. The number of hydrogen-bond acceptors (Lipinski definition) is 8. The lowest BCUT2D eigenvalue weighted by molar-refractivity contribution is -0.384. The summed E-state index contributed by atoms with van der Waals surface area (Å²) in [5.41, 5.74) is 1.14. The molecule has 0 aliphatic carbocycles. The number of hydrogen-bond donors (Lipinski definition) is 0. The molecule has 8 nitrogen and oxygen atoms in total. The summed E-state index contributed by atoms with van der Waals surface area (Å²) >= 11 is 2.41. The zero-order valence-corrected chi connectivity index (χ0v) is 15.2. The van der Waals surface area contributed by atoms with Crippen LogP contribution < -0.4 is 0 Å². The molecule has 2 aromatic carbocycles. The molecule has 0 bridgehead atoms. The van der Waals surface area contributed by atoms with Gasteiger partial charge in [0.05, 0.1) is 42.0 Å². The van der Waals surface area contributed by atoms with E-state index in [4.69, 9.17) is 0 Å². The summed E-state index contributed by atoms with van der Waals surface area (Å²) in [7, 11) is 0. The largest absolute Gasteiger partial charge is 0.296 e. The van der Waals surface area contributed by atoms with Crippen LogP contribution in [0.15, 0.2) is 24.3 Å². The van der Waals surface area contributed by atoms with Gasteiger partial charge in [-0.15, -0.1) is 22.7 Å². The molecule has 2 heterocycles. The lowest BCUT2D eigenvalue weighted by Crippen LogP contribution is -1.97. The molecule has 0 aliphatic heterocycles. The smallest absolute Gasteiger partial charge is 0.258 e. The first-order valence-electron chi connectivity index (χ1n) is 7.46. The van der Waals surface area contributed by atoms with Crippen LogP contribution in [0.2, 0.25) is 0 Å². The van der Waals surface area contributed by atoms with Gasteiger partial charge in [-0.2, -0.15) is 0 Å². The van der Waals surface area contributed by atoms with E-state index in [-0.39, 0.29) is 22.5 Å². The third-order valence-electron chi connectivity index (χ3n) is 3.93. The number of nitro benzene ring substituents is 2. The van der Waals surface area contributed by atoms with Gasteiger partial charge in [-0.1, -0.05) is 0 Å². The fourth-order valence-corrected chi connectivity index (χ4v) is 4.85. The van der Waals surface area contributed by atoms with Gasteiger partial charge in [-0.3, -0.25) is 20.2 Å². The zero-order valence-electron chi connectivity index (χ0n) is 13.5. The molecule has 4 rings (SSSR count). The Morgan fingerprint density at radius 1 is 0.769 bits per heavy atom. The van der Waals surface area contributed by atoms with E-state index in [1.807, 2.05) is 0 Å². The van der Waals surface area contributed by atoms with Crippen LogP contribution in [0.3, 0.4) is 0 Å². The fourth-order valence-electron chi connectivity index (χ4n) is 2.98. The van der Waals surface area contributed by atoms with Crippen LogP contribution in [0, 0.1) is 34.1 Å². The van der Waals surface area contributed by atoms with Gasteiger partial charge in [0.15, 0.2) is 0 Å². The summed E-state index contributed by atoms with van der Waals surface area (Å²) in [6.45, 7) is 3.53. The monoisotopic (exact) mass is 386 g/mol. The molecule has 0 saturated heterocycles. The Labute approximate surface area is 154 Å². The molecule has 0 fully saturated rings. The Balaban J connectivity index is 2.13. The van der Waals surface area contributed by atoms with E-state index < -0.39 is 9.85 Å². The first kappa shape index (κ1) is 16.5. The van der Waals surface area contributed by atoms with Crippen molar-refractivity contribution in [3.8, 4) is 11.1 Å². The van der Waals surface area contributed by atoms with E-state index in [0.717, 1.165) is 0 Å². The van der Waals surface area contributed by atoms with Crippen LogP contribution in [0.1, 0.15) is 10.0 Å². The number of thiazole rings is 2. The molecule has 0 aliphatic rings. The van der Waals surface area contributed by atoms with E-state index in [1.165, 1.54) is 34.8 Å². The maximum atomic E-state index is 11.8. The maximum absolute atomic E-state index is 11.8. The first-order valence-corrected chi connectivity index (χ1v) is 9.09. The molecule has 10 heteroatoms. The van der Waals surface area contributed by atoms with Crippen LogP contribution in [0.4, 0.5) is 11.4 Å². The highest BCUT2D eigenvalue weighted by Crippen LogP contribution is 2.45. The Morgan fingerprint density at radius 2 is 1.15 bits per heavy atom. The standard InChI is InChI=1S/C16H10N4O4S2/c1-7-17-11-5-3-9(13(19(21)22)15(11)25-7)10-4-6-12-16(14(10)20(23)24)26-8(2)18-12/h3-6H,1-2H3. The number of aryl methyl sites for hydroxylation is 2. The molecule has 0 spiro atoms. The van der Waals surface area contributed by atoms with Crippen molar-refractivity contribution in [1.82, 2.24) is 9.97 Å². The van der Waals surface area contributed by atoms with Crippen LogP contribution in [-0.4, -0.2) is 19.8 Å². The van der Waals surface area contributed by atoms with E-state index in [1.54, 1.807) is 26.0 Å². The molecule has 0 N–H and O–H groups in total. The van der Waals surface area contributed by atoms with Crippen molar-refractivity contribution >= 4 is 54.5 Å². The third kappa shape index (κ3) is 2.42. The van der Waals surface area contributed by atoms with Crippen LogP contribution in [0.25, 0.3) is 31.6 Å². The van der Waals surface area contributed by atoms with Crippen molar-refractivity contribution in [3.05, 3.63) is 54.5 Å². The summed E-state index contributed by atoms with van der Waals surface area (Å²) in [4.78, 5) is 31.1. The molecule has 0 atom stereocenters. The van der Waals surface area contributed by atoms with E-state index >= 15 is 0 Å². The molecule has 0 radical (unpaired) electrons. The summed E-state index contributed by atoms with van der Waals surface area (Å²) < 4.78 is 0.833. The van der Waals surface area contributed by atoms with Gasteiger partial charge in [0, 0.05) is 0 Å². The predicted molar refractivity (Wildman–Crippen MR) is 101 cm³/mol. The van der Waals surface area contributed by atoms with Crippen molar-refractivity contribution in [2.45, 2.75) is 13.8 Å². The molecule has 4 aromatic rings. The third-order valence-corrected chi connectivity index (χ3v) is 5.92. The van der Waals surface area contributed by atoms with E-state index in [9.17, 15) is 20.2 Å². The number of aromatic nitrogens is 2. The molecule has 0 amide bonds. The van der Waals surface area contributed by atoms with E-state index in [2.05, 4.69) is 9.97 Å². The summed E-state index contributed by atoms with van der Waals surface area (Å²) in [5.74, 6) is 0. The lowest BCUT2D eigenvalue weighted by Gasteiger charge is -2.05. The van der Waals surface area contributed by atoms with Gasteiger partial charge >= 0.3 is 0 Å². The SMILES string of the molecule is Cc1nc2ccc(-c3ccc4nc(C)sc4c3[N+](=O)[O-])c([N+](=O)[O-])c2s1. The Bertz CT molecular complexity index is 1130. The number of nitro groups is 2. The minimum absolute atomic E-state index is 0.156. The molecular weight excluding hydrogens is 376 g/mol. The summed E-state index contributed by atoms with van der Waals surface area (Å²) in [5, 5.41) is 24.9. The molecule has 0 unspecified atom stereocenters. The average Bonchev–Trinajstić information content (AvgIpc) is 3.12. The maximum Gasteiger partial charge on any atom is 0.296 e. The van der Waals surface area contributed by atoms with Crippen molar-refractivity contribution in [3.63, 3.8) is 0 Å². The van der Waals surface area contributed by atoms with Crippen LogP contribution in [-0.2, 0) is 0 Å². The Hall–Kier alpha value is -2.98. The van der Waals surface area contributed by atoms with Gasteiger partial charge in [0.1, 0.15) is 9.40 Å². The quantitative estimate of drug-likeness (QED) is 0.361. The summed E-state index contributed by atoms with van der Waals surface area (Å²) in [6, 6.07) is 6.38.